The van der Waals surface area contributed by atoms with Crippen LogP contribution in [0, 0.1) is 0 Å². The van der Waals surface area contributed by atoms with Crippen LogP contribution in [0.25, 0.3) is 0 Å². The van der Waals surface area contributed by atoms with Crippen molar-refractivity contribution in [3.63, 3.8) is 0 Å². The summed E-state index contributed by atoms with van der Waals surface area (Å²) in [6, 6.07) is 12.1. The lowest BCUT2D eigenvalue weighted by Gasteiger charge is -2.20. The lowest BCUT2D eigenvalue weighted by molar-refractivity contribution is 0.0689. The molecule has 1 aromatic heterocycles. The van der Waals surface area contributed by atoms with Crippen molar-refractivity contribution in [3.8, 4) is 5.88 Å². The SMILES string of the molecule is O=C(O)c1cnc(OC(c2ccc(Cl)cc2)c2ccc(Cl)cc2Cl)cn1. The number of aromatic nitrogens is 2. The lowest BCUT2D eigenvalue weighted by Crippen LogP contribution is -2.12. The zero-order valence-corrected chi connectivity index (χ0v) is 15.3. The second-order valence-corrected chi connectivity index (χ2v) is 6.54. The molecule has 0 aliphatic heterocycles. The molecule has 0 bridgehead atoms. The van der Waals surface area contributed by atoms with Crippen molar-refractivity contribution < 1.29 is 14.6 Å². The van der Waals surface area contributed by atoms with Gasteiger partial charge < -0.3 is 9.84 Å². The van der Waals surface area contributed by atoms with E-state index in [1.807, 2.05) is 0 Å². The first-order chi connectivity index (χ1) is 12.4. The maximum absolute atomic E-state index is 10.9. The number of hydrogen-bond acceptors (Lipinski definition) is 4. The van der Waals surface area contributed by atoms with Gasteiger partial charge in [0.1, 0.15) is 0 Å². The normalized spacial score (nSPS) is 11.8. The first-order valence-corrected chi connectivity index (χ1v) is 8.50. The van der Waals surface area contributed by atoms with E-state index in [0.717, 1.165) is 11.8 Å². The number of carbonyl (C=O) groups is 1. The number of ether oxygens (including phenoxy) is 1. The molecule has 0 fully saturated rings. The summed E-state index contributed by atoms with van der Waals surface area (Å²) < 4.78 is 5.94. The van der Waals surface area contributed by atoms with Gasteiger partial charge in [0.2, 0.25) is 5.88 Å². The van der Waals surface area contributed by atoms with E-state index in [-0.39, 0.29) is 11.6 Å². The van der Waals surface area contributed by atoms with Gasteiger partial charge in [-0.15, -0.1) is 0 Å². The smallest absolute Gasteiger partial charge is 0.356 e. The van der Waals surface area contributed by atoms with Crippen LogP contribution in [0.2, 0.25) is 15.1 Å². The number of aromatic carboxylic acids is 1. The zero-order valence-electron chi connectivity index (χ0n) is 13.1. The molecule has 3 aromatic rings. The van der Waals surface area contributed by atoms with Crippen molar-refractivity contribution in [2.45, 2.75) is 6.10 Å². The van der Waals surface area contributed by atoms with Crippen LogP contribution in [0.3, 0.4) is 0 Å². The third-order valence-corrected chi connectivity index (χ3v) is 4.32. The van der Waals surface area contributed by atoms with E-state index >= 15 is 0 Å². The van der Waals surface area contributed by atoms with E-state index in [9.17, 15) is 4.79 Å². The number of benzene rings is 2. The Kier molecular flexibility index (Phi) is 5.61. The highest BCUT2D eigenvalue weighted by Gasteiger charge is 2.20. The third kappa shape index (κ3) is 4.25. The summed E-state index contributed by atoms with van der Waals surface area (Å²) in [4.78, 5) is 18.7. The highest BCUT2D eigenvalue weighted by molar-refractivity contribution is 6.35. The summed E-state index contributed by atoms with van der Waals surface area (Å²) in [5.74, 6) is -1.01. The van der Waals surface area contributed by atoms with Crippen molar-refractivity contribution in [1.29, 1.82) is 0 Å². The Morgan fingerprint density at radius 1 is 0.962 bits per heavy atom. The quantitative estimate of drug-likeness (QED) is 0.619. The number of nitrogens with zero attached hydrogens (tertiary/aromatic N) is 2. The van der Waals surface area contributed by atoms with E-state index in [0.29, 0.717) is 20.6 Å². The molecule has 1 heterocycles. The molecule has 26 heavy (non-hydrogen) atoms. The maximum Gasteiger partial charge on any atom is 0.356 e. The zero-order chi connectivity index (χ0) is 18.7. The minimum Gasteiger partial charge on any atom is -0.476 e. The molecule has 8 heteroatoms. The van der Waals surface area contributed by atoms with Crippen molar-refractivity contribution in [2.24, 2.45) is 0 Å². The van der Waals surface area contributed by atoms with Crippen molar-refractivity contribution in [2.75, 3.05) is 0 Å². The Bertz CT molecular complexity index is 931. The van der Waals surface area contributed by atoms with E-state index in [1.165, 1.54) is 6.20 Å². The summed E-state index contributed by atoms with van der Waals surface area (Å²) in [5.41, 5.74) is 1.27. The molecule has 1 atom stereocenters. The van der Waals surface area contributed by atoms with Gasteiger partial charge in [-0.3, -0.25) is 0 Å². The van der Waals surface area contributed by atoms with Gasteiger partial charge in [-0.05, 0) is 29.8 Å². The molecule has 0 spiro atoms. The monoisotopic (exact) mass is 408 g/mol. The fourth-order valence-corrected chi connectivity index (χ4v) is 2.90. The molecule has 5 nitrogen and oxygen atoms in total. The van der Waals surface area contributed by atoms with Gasteiger partial charge >= 0.3 is 5.97 Å². The molecular formula is C18H11Cl3N2O3. The van der Waals surface area contributed by atoms with Gasteiger partial charge in [0.15, 0.2) is 11.8 Å². The van der Waals surface area contributed by atoms with E-state index in [1.54, 1.807) is 42.5 Å². The van der Waals surface area contributed by atoms with E-state index in [2.05, 4.69) is 9.97 Å². The number of carboxylic acid groups (broad SMARTS) is 1. The molecule has 0 amide bonds. The van der Waals surface area contributed by atoms with E-state index in [4.69, 9.17) is 44.6 Å². The largest absolute Gasteiger partial charge is 0.476 e. The molecule has 0 saturated heterocycles. The van der Waals surface area contributed by atoms with Crippen LogP contribution in [0.4, 0.5) is 0 Å². The van der Waals surface area contributed by atoms with Crippen LogP contribution in [0.5, 0.6) is 5.88 Å². The Labute approximate surface area is 164 Å². The van der Waals surface area contributed by atoms with Crippen LogP contribution in [0.1, 0.15) is 27.7 Å². The molecule has 0 radical (unpaired) electrons. The summed E-state index contributed by atoms with van der Waals surface area (Å²) in [7, 11) is 0. The van der Waals surface area contributed by atoms with Crippen molar-refractivity contribution in [3.05, 3.63) is 86.7 Å². The summed E-state index contributed by atoms with van der Waals surface area (Å²) in [5, 5.41) is 10.4. The Hall–Kier alpha value is -2.34. The lowest BCUT2D eigenvalue weighted by atomic mass is 10.0. The summed E-state index contributed by atoms with van der Waals surface area (Å²) in [6.07, 6.45) is 1.76. The second kappa shape index (κ2) is 7.91. The van der Waals surface area contributed by atoms with E-state index < -0.39 is 12.1 Å². The predicted molar refractivity (Wildman–Crippen MR) is 99.4 cm³/mol. The first-order valence-electron chi connectivity index (χ1n) is 7.36. The van der Waals surface area contributed by atoms with Crippen LogP contribution in [0.15, 0.2) is 54.9 Å². The molecule has 0 saturated carbocycles. The third-order valence-electron chi connectivity index (χ3n) is 3.50. The Morgan fingerprint density at radius 2 is 1.65 bits per heavy atom. The van der Waals surface area contributed by atoms with Crippen LogP contribution >= 0.6 is 34.8 Å². The summed E-state index contributed by atoms with van der Waals surface area (Å²) >= 11 is 18.3. The number of carboxylic acids is 1. The number of halogens is 3. The highest BCUT2D eigenvalue weighted by atomic mass is 35.5. The molecular weight excluding hydrogens is 399 g/mol. The first kappa shape index (κ1) is 18.5. The fraction of sp³-hybridized carbons (Fsp3) is 0.0556. The van der Waals surface area contributed by atoms with Gasteiger partial charge in [-0.25, -0.2) is 14.8 Å². The van der Waals surface area contributed by atoms with Crippen LogP contribution < -0.4 is 4.74 Å². The highest BCUT2D eigenvalue weighted by Crippen LogP contribution is 2.34. The number of rotatable bonds is 5. The minimum absolute atomic E-state index is 0.154. The van der Waals surface area contributed by atoms with Gasteiger partial charge in [0, 0.05) is 20.6 Å². The molecule has 132 valence electrons. The standard InChI is InChI=1S/C18H11Cl3N2O3/c19-11-3-1-10(2-4-11)17(13-6-5-12(20)7-14(13)21)26-16-9-22-15(8-23-16)18(24)25/h1-9,17H,(H,24,25). The van der Waals surface area contributed by atoms with Gasteiger partial charge in [-0.2, -0.15) is 0 Å². The Balaban J connectivity index is 1.99. The summed E-state index contributed by atoms with van der Waals surface area (Å²) in [6.45, 7) is 0. The molecule has 1 unspecified atom stereocenters. The minimum atomic E-state index is -1.17. The van der Waals surface area contributed by atoms with Crippen molar-refractivity contribution >= 4 is 40.8 Å². The second-order valence-electron chi connectivity index (χ2n) is 5.26. The number of hydrogen-bond donors (Lipinski definition) is 1. The van der Waals surface area contributed by atoms with Gasteiger partial charge in [-0.1, -0.05) is 53.0 Å². The van der Waals surface area contributed by atoms with Crippen LogP contribution in [-0.2, 0) is 0 Å². The van der Waals surface area contributed by atoms with Crippen molar-refractivity contribution in [1.82, 2.24) is 9.97 Å². The maximum atomic E-state index is 10.9. The molecule has 0 aliphatic rings. The average molecular weight is 410 g/mol. The molecule has 2 aromatic carbocycles. The molecule has 1 N–H and O–H groups in total. The van der Waals surface area contributed by atoms with Gasteiger partial charge in [0.05, 0.1) is 12.4 Å². The molecule has 3 rings (SSSR count). The predicted octanol–water partition coefficient (Wildman–Crippen LogP) is 5.30. The average Bonchev–Trinajstić information content (AvgIpc) is 2.61. The topological polar surface area (TPSA) is 72.3 Å². The fourth-order valence-electron chi connectivity index (χ4n) is 2.27. The molecule has 0 aliphatic carbocycles. The van der Waals surface area contributed by atoms with Crippen LogP contribution in [-0.4, -0.2) is 21.0 Å². The van der Waals surface area contributed by atoms with Gasteiger partial charge in [0.25, 0.3) is 0 Å². The Morgan fingerprint density at radius 3 is 2.23 bits per heavy atom.